The second-order valence-corrected chi connectivity index (χ2v) is 5.62. The van der Waals surface area contributed by atoms with Crippen LogP contribution in [0.1, 0.15) is 31.1 Å². The van der Waals surface area contributed by atoms with Gasteiger partial charge < -0.3 is 0 Å². The molecular weight excluding hydrogens is 211 g/mol. The molecule has 1 atom stereocenters. The van der Waals surface area contributed by atoms with E-state index in [0.717, 1.165) is 0 Å². The van der Waals surface area contributed by atoms with Crippen LogP contribution < -0.4 is 0 Å². The highest BCUT2D eigenvalue weighted by Gasteiger charge is 2.16. The van der Waals surface area contributed by atoms with E-state index in [1.54, 1.807) is 11.8 Å². The molecule has 0 aliphatic rings. The smallest absolute Gasteiger partial charge is 0.175 e. The van der Waals surface area contributed by atoms with Gasteiger partial charge in [0.15, 0.2) is 5.78 Å². The zero-order valence-corrected chi connectivity index (χ0v) is 9.98. The molecule has 1 aromatic carbocycles. The maximum Gasteiger partial charge on any atom is 0.175 e. The number of halogens is 1. The normalized spacial score (nSPS) is 12.9. The fourth-order valence-electron chi connectivity index (χ4n) is 1.32. The van der Waals surface area contributed by atoms with Crippen molar-refractivity contribution in [2.75, 3.05) is 0 Å². The average molecular weight is 226 g/mol. The SMILES string of the molecule is CC(C)SC(C)C(=O)c1ccc(F)cc1. The van der Waals surface area contributed by atoms with Gasteiger partial charge in [0.25, 0.3) is 0 Å². The molecule has 0 N–H and O–H groups in total. The van der Waals surface area contributed by atoms with Crippen molar-refractivity contribution in [3.63, 3.8) is 0 Å². The van der Waals surface area contributed by atoms with E-state index in [9.17, 15) is 9.18 Å². The summed E-state index contributed by atoms with van der Waals surface area (Å²) in [7, 11) is 0. The first kappa shape index (κ1) is 12.2. The van der Waals surface area contributed by atoms with Crippen LogP contribution in [-0.4, -0.2) is 16.3 Å². The van der Waals surface area contributed by atoms with Gasteiger partial charge in [-0.05, 0) is 36.4 Å². The molecule has 1 aromatic rings. The Morgan fingerprint density at radius 1 is 1.20 bits per heavy atom. The molecule has 0 aromatic heterocycles. The summed E-state index contributed by atoms with van der Waals surface area (Å²) in [5.41, 5.74) is 0.581. The largest absolute Gasteiger partial charge is 0.293 e. The molecule has 3 heteroatoms. The number of rotatable bonds is 4. The Labute approximate surface area is 94.1 Å². The third-order valence-electron chi connectivity index (χ3n) is 1.97. The van der Waals surface area contributed by atoms with E-state index in [1.807, 2.05) is 6.92 Å². The molecule has 1 unspecified atom stereocenters. The first-order valence-electron chi connectivity index (χ1n) is 4.96. The van der Waals surface area contributed by atoms with Gasteiger partial charge in [0.2, 0.25) is 0 Å². The third kappa shape index (κ3) is 3.67. The quantitative estimate of drug-likeness (QED) is 0.730. The van der Waals surface area contributed by atoms with Crippen molar-refractivity contribution in [3.05, 3.63) is 35.6 Å². The number of hydrogen-bond acceptors (Lipinski definition) is 2. The van der Waals surface area contributed by atoms with Crippen molar-refractivity contribution in [2.45, 2.75) is 31.3 Å². The molecule has 0 spiro atoms. The summed E-state index contributed by atoms with van der Waals surface area (Å²) in [6.07, 6.45) is 0. The summed E-state index contributed by atoms with van der Waals surface area (Å²) in [6, 6.07) is 5.71. The second-order valence-electron chi connectivity index (χ2n) is 3.70. The Bertz CT molecular complexity index is 332. The summed E-state index contributed by atoms with van der Waals surface area (Å²) in [5, 5.41) is 0.347. The van der Waals surface area contributed by atoms with Gasteiger partial charge in [-0.25, -0.2) is 4.39 Å². The maximum atomic E-state index is 12.6. The Morgan fingerprint density at radius 3 is 2.20 bits per heavy atom. The van der Waals surface area contributed by atoms with E-state index in [1.165, 1.54) is 24.3 Å². The molecule has 1 rings (SSSR count). The minimum Gasteiger partial charge on any atom is -0.293 e. The second kappa shape index (κ2) is 5.31. The molecule has 0 bridgehead atoms. The van der Waals surface area contributed by atoms with E-state index in [2.05, 4.69) is 13.8 Å². The van der Waals surface area contributed by atoms with Crippen LogP contribution in [0.15, 0.2) is 24.3 Å². The number of ketones is 1. The number of carbonyl (C=O) groups is 1. The fourth-order valence-corrected chi connectivity index (χ4v) is 2.40. The van der Waals surface area contributed by atoms with Crippen LogP contribution in [0, 0.1) is 5.82 Å². The molecule has 0 saturated carbocycles. The Hall–Kier alpha value is -0.830. The predicted molar refractivity (Wildman–Crippen MR) is 62.9 cm³/mol. The molecule has 0 saturated heterocycles. The highest BCUT2D eigenvalue weighted by atomic mass is 32.2. The van der Waals surface area contributed by atoms with Gasteiger partial charge in [0, 0.05) is 5.56 Å². The van der Waals surface area contributed by atoms with Gasteiger partial charge in [0.1, 0.15) is 5.82 Å². The summed E-state index contributed by atoms with van der Waals surface area (Å²) < 4.78 is 12.6. The van der Waals surface area contributed by atoms with E-state index in [4.69, 9.17) is 0 Å². The highest BCUT2D eigenvalue weighted by molar-refractivity contribution is 8.01. The molecule has 1 nitrogen and oxygen atoms in total. The van der Waals surface area contributed by atoms with Gasteiger partial charge in [-0.1, -0.05) is 13.8 Å². The first-order chi connectivity index (χ1) is 7.00. The molecule has 0 fully saturated rings. The van der Waals surface area contributed by atoms with Gasteiger partial charge >= 0.3 is 0 Å². The lowest BCUT2D eigenvalue weighted by Gasteiger charge is -2.12. The van der Waals surface area contributed by atoms with Crippen LogP contribution in [-0.2, 0) is 0 Å². The summed E-state index contributed by atoms with van der Waals surface area (Å²) >= 11 is 1.62. The molecule has 82 valence electrons. The maximum absolute atomic E-state index is 12.6. The van der Waals surface area contributed by atoms with Crippen LogP contribution in [0.4, 0.5) is 4.39 Å². The zero-order chi connectivity index (χ0) is 11.4. The molecule has 0 radical (unpaired) electrons. The molecule has 0 amide bonds. The molecular formula is C12H15FOS. The molecule has 15 heavy (non-hydrogen) atoms. The van der Waals surface area contributed by atoms with Crippen LogP contribution in [0.3, 0.4) is 0 Å². The topological polar surface area (TPSA) is 17.1 Å². The summed E-state index contributed by atoms with van der Waals surface area (Å²) in [6.45, 7) is 5.99. The van der Waals surface area contributed by atoms with Gasteiger partial charge in [-0.15, -0.1) is 11.8 Å². The standard InChI is InChI=1S/C12H15FOS/c1-8(2)15-9(3)12(14)10-4-6-11(13)7-5-10/h4-9H,1-3H3. The lowest BCUT2D eigenvalue weighted by atomic mass is 10.1. The number of thioether (sulfide) groups is 1. The summed E-state index contributed by atoms with van der Waals surface area (Å²) in [5.74, 6) is -0.246. The minimum absolute atomic E-state index is 0.0636. The summed E-state index contributed by atoms with van der Waals surface area (Å²) in [4.78, 5) is 11.8. The minimum atomic E-state index is -0.310. The lowest BCUT2D eigenvalue weighted by molar-refractivity contribution is 0.0994. The van der Waals surface area contributed by atoms with Crippen molar-refractivity contribution in [1.29, 1.82) is 0 Å². The van der Waals surface area contributed by atoms with Gasteiger partial charge in [-0.3, -0.25) is 4.79 Å². The van der Waals surface area contributed by atoms with Crippen molar-refractivity contribution < 1.29 is 9.18 Å². The number of benzene rings is 1. The molecule has 0 aliphatic heterocycles. The van der Waals surface area contributed by atoms with E-state index >= 15 is 0 Å². The van der Waals surface area contributed by atoms with E-state index in [-0.39, 0.29) is 16.9 Å². The highest BCUT2D eigenvalue weighted by Crippen LogP contribution is 2.20. The predicted octanol–water partition coefficient (Wildman–Crippen LogP) is 3.54. The van der Waals surface area contributed by atoms with Crippen LogP contribution in [0.2, 0.25) is 0 Å². The third-order valence-corrected chi connectivity index (χ3v) is 3.14. The fraction of sp³-hybridized carbons (Fsp3) is 0.417. The zero-order valence-electron chi connectivity index (χ0n) is 9.16. The monoisotopic (exact) mass is 226 g/mol. The van der Waals surface area contributed by atoms with Crippen molar-refractivity contribution in [1.82, 2.24) is 0 Å². The van der Waals surface area contributed by atoms with Crippen molar-refractivity contribution in [3.8, 4) is 0 Å². The number of hydrogen-bond donors (Lipinski definition) is 0. The molecule has 0 heterocycles. The van der Waals surface area contributed by atoms with Crippen LogP contribution >= 0.6 is 11.8 Å². The first-order valence-corrected chi connectivity index (χ1v) is 5.90. The Kier molecular flexibility index (Phi) is 4.33. The average Bonchev–Trinajstić information content (AvgIpc) is 2.17. The Balaban J connectivity index is 2.72. The van der Waals surface area contributed by atoms with Gasteiger partial charge in [0.05, 0.1) is 5.25 Å². The van der Waals surface area contributed by atoms with Crippen LogP contribution in [0.5, 0.6) is 0 Å². The number of carbonyl (C=O) groups excluding carboxylic acids is 1. The molecule has 0 aliphatic carbocycles. The van der Waals surface area contributed by atoms with Crippen LogP contribution in [0.25, 0.3) is 0 Å². The van der Waals surface area contributed by atoms with Crippen molar-refractivity contribution >= 4 is 17.5 Å². The van der Waals surface area contributed by atoms with Crippen molar-refractivity contribution in [2.24, 2.45) is 0 Å². The number of Topliss-reactive ketones (excluding diaryl/α,β-unsaturated/α-hetero) is 1. The van der Waals surface area contributed by atoms with Gasteiger partial charge in [-0.2, -0.15) is 0 Å². The van der Waals surface area contributed by atoms with E-state index in [0.29, 0.717) is 10.8 Å². The van der Waals surface area contributed by atoms with E-state index < -0.39 is 0 Å². The lowest BCUT2D eigenvalue weighted by Crippen LogP contribution is -2.15. The Morgan fingerprint density at radius 2 is 1.73 bits per heavy atom.